The normalized spacial score (nSPS) is 17.3. The van der Waals surface area contributed by atoms with E-state index in [2.05, 4.69) is 29.4 Å². The van der Waals surface area contributed by atoms with Gasteiger partial charge in [-0.1, -0.05) is 31.2 Å². The maximum Gasteiger partial charge on any atom is 0.311 e. The van der Waals surface area contributed by atoms with Crippen LogP contribution in [0.1, 0.15) is 39.2 Å². The summed E-state index contributed by atoms with van der Waals surface area (Å²) < 4.78 is 5.36. The van der Waals surface area contributed by atoms with Crippen molar-refractivity contribution in [3.05, 3.63) is 35.2 Å². The number of piperidine rings is 1. The Morgan fingerprint density at radius 3 is 2.70 bits per heavy atom. The van der Waals surface area contributed by atoms with Gasteiger partial charge < -0.3 is 9.64 Å². The standard InChI is InChI=1S/C22H27N3O4S/c1-4-16-7-9-17(10-8-16)19-13-30-22(23-19)24-20(27)14(2)29-21(28)18-6-5-11-25(12-18)15(3)26/h7-10,13-14,18H,4-6,11-12H2,1-3H3,(H,23,24,27)/t14-,18-/m0/s1. The SMILES string of the molecule is CCc1ccc(-c2csc(NC(=O)[C@H](C)OC(=O)[C@H]3CCCN(C(C)=O)C3)n2)cc1. The molecule has 1 aliphatic rings. The lowest BCUT2D eigenvalue weighted by atomic mass is 9.98. The average Bonchev–Trinajstić information content (AvgIpc) is 3.22. The minimum atomic E-state index is -0.943. The second-order valence-corrected chi connectivity index (χ2v) is 8.32. The first kappa shape index (κ1) is 22.0. The fourth-order valence-electron chi connectivity index (χ4n) is 3.36. The molecule has 2 atom stereocenters. The van der Waals surface area contributed by atoms with Gasteiger partial charge in [0.25, 0.3) is 5.91 Å². The molecule has 1 fully saturated rings. The summed E-state index contributed by atoms with van der Waals surface area (Å²) >= 11 is 1.32. The molecule has 0 spiro atoms. The van der Waals surface area contributed by atoms with E-state index in [1.54, 1.807) is 4.90 Å². The van der Waals surface area contributed by atoms with Crippen LogP contribution >= 0.6 is 11.3 Å². The zero-order valence-corrected chi connectivity index (χ0v) is 18.3. The molecule has 8 heteroatoms. The lowest BCUT2D eigenvalue weighted by Crippen LogP contribution is -2.43. The van der Waals surface area contributed by atoms with Gasteiger partial charge in [-0.25, -0.2) is 4.98 Å². The van der Waals surface area contributed by atoms with Crippen molar-refractivity contribution in [1.29, 1.82) is 0 Å². The summed E-state index contributed by atoms with van der Waals surface area (Å²) in [5.74, 6) is -1.32. The van der Waals surface area contributed by atoms with E-state index in [4.69, 9.17) is 4.74 Å². The van der Waals surface area contributed by atoms with Crippen LogP contribution < -0.4 is 5.32 Å². The van der Waals surface area contributed by atoms with Gasteiger partial charge >= 0.3 is 5.97 Å². The van der Waals surface area contributed by atoms with Crippen molar-refractivity contribution in [1.82, 2.24) is 9.88 Å². The van der Waals surface area contributed by atoms with Gasteiger partial charge in [0.05, 0.1) is 11.6 Å². The smallest absolute Gasteiger partial charge is 0.311 e. The van der Waals surface area contributed by atoms with Crippen LogP contribution in [0.2, 0.25) is 0 Å². The van der Waals surface area contributed by atoms with Crippen LogP contribution in [0.25, 0.3) is 11.3 Å². The summed E-state index contributed by atoms with van der Waals surface area (Å²) in [4.78, 5) is 42.5. The Morgan fingerprint density at radius 1 is 1.30 bits per heavy atom. The Labute approximate surface area is 180 Å². The third kappa shape index (κ3) is 5.44. The molecule has 1 aromatic heterocycles. The molecule has 2 aromatic rings. The highest BCUT2D eigenvalue weighted by Gasteiger charge is 2.30. The third-order valence-electron chi connectivity index (χ3n) is 5.25. The topological polar surface area (TPSA) is 88.6 Å². The van der Waals surface area contributed by atoms with Gasteiger partial charge in [0, 0.05) is 31.0 Å². The molecule has 0 radical (unpaired) electrons. The average molecular weight is 430 g/mol. The quantitative estimate of drug-likeness (QED) is 0.710. The van der Waals surface area contributed by atoms with Crippen molar-refractivity contribution in [2.24, 2.45) is 5.92 Å². The van der Waals surface area contributed by atoms with Crippen LogP contribution in [0.15, 0.2) is 29.6 Å². The molecule has 1 aromatic carbocycles. The molecule has 3 rings (SSSR count). The maximum absolute atomic E-state index is 12.4. The number of anilines is 1. The molecular formula is C22H27N3O4S. The van der Waals surface area contributed by atoms with Crippen molar-refractivity contribution < 1.29 is 19.1 Å². The zero-order valence-electron chi connectivity index (χ0n) is 17.5. The lowest BCUT2D eigenvalue weighted by molar-refractivity contribution is -0.159. The predicted octanol–water partition coefficient (Wildman–Crippen LogP) is 3.50. The van der Waals surface area contributed by atoms with Gasteiger partial charge in [0.1, 0.15) is 0 Å². The minimum absolute atomic E-state index is 0.0535. The van der Waals surface area contributed by atoms with Gasteiger partial charge in [0.15, 0.2) is 11.2 Å². The van der Waals surface area contributed by atoms with Crippen LogP contribution in [-0.2, 0) is 25.5 Å². The van der Waals surface area contributed by atoms with Crippen LogP contribution in [0.5, 0.6) is 0 Å². The fraction of sp³-hybridized carbons (Fsp3) is 0.455. The molecule has 7 nitrogen and oxygen atoms in total. The molecule has 2 heterocycles. The largest absolute Gasteiger partial charge is 0.452 e. The predicted molar refractivity (Wildman–Crippen MR) is 116 cm³/mol. The highest BCUT2D eigenvalue weighted by molar-refractivity contribution is 7.14. The molecule has 30 heavy (non-hydrogen) atoms. The number of aryl methyl sites for hydroxylation is 1. The van der Waals surface area contributed by atoms with Gasteiger partial charge in [-0.15, -0.1) is 11.3 Å². The Morgan fingerprint density at radius 2 is 2.03 bits per heavy atom. The van der Waals surface area contributed by atoms with Gasteiger partial charge in [-0.05, 0) is 31.7 Å². The van der Waals surface area contributed by atoms with Crippen molar-refractivity contribution in [3.63, 3.8) is 0 Å². The monoisotopic (exact) mass is 429 g/mol. The number of rotatable bonds is 6. The Bertz CT molecular complexity index is 909. The summed E-state index contributed by atoms with van der Waals surface area (Å²) in [5, 5.41) is 5.05. The number of likely N-dealkylation sites (tertiary alicyclic amines) is 1. The number of hydrogen-bond acceptors (Lipinski definition) is 6. The van der Waals surface area contributed by atoms with Crippen molar-refractivity contribution in [2.45, 2.75) is 46.1 Å². The molecule has 160 valence electrons. The summed E-state index contributed by atoms with van der Waals surface area (Å²) in [6.07, 6.45) is 1.44. The second-order valence-electron chi connectivity index (χ2n) is 7.46. The molecule has 2 amide bonds. The van der Waals surface area contributed by atoms with Crippen molar-refractivity contribution >= 4 is 34.3 Å². The van der Waals surface area contributed by atoms with Gasteiger partial charge in [-0.3, -0.25) is 19.7 Å². The van der Waals surface area contributed by atoms with Crippen LogP contribution in [0.3, 0.4) is 0 Å². The molecule has 1 saturated heterocycles. The molecule has 0 bridgehead atoms. The van der Waals surface area contributed by atoms with E-state index in [1.807, 2.05) is 17.5 Å². The van der Waals surface area contributed by atoms with E-state index in [0.29, 0.717) is 24.6 Å². The summed E-state index contributed by atoms with van der Waals surface area (Å²) in [7, 11) is 0. The molecule has 0 saturated carbocycles. The Hall–Kier alpha value is -2.74. The fourth-order valence-corrected chi connectivity index (χ4v) is 4.08. The summed E-state index contributed by atoms with van der Waals surface area (Å²) in [6.45, 7) is 6.13. The Kier molecular flexibility index (Phi) is 7.20. The van der Waals surface area contributed by atoms with E-state index < -0.39 is 23.9 Å². The van der Waals surface area contributed by atoms with Crippen molar-refractivity contribution in [2.75, 3.05) is 18.4 Å². The van der Waals surface area contributed by atoms with Crippen LogP contribution in [0.4, 0.5) is 5.13 Å². The number of aromatic nitrogens is 1. The number of amides is 2. The first-order chi connectivity index (χ1) is 14.4. The highest BCUT2D eigenvalue weighted by Crippen LogP contribution is 2.25. The number of hydrogen-bond donors (Lipinski definition) is 1. The van der Waals surface area contributed by atoms with Crippen molar-refractivity contribution in [3.8, 4) is 11.3 Å². The first-order valence-corrected chi connectivity index (χ1v) is 11.1. The number of esters is 1. The zero-order chi connectivity index (χ0) is 21.7. The van der Waals surface area contributed by atoms with E-state index in [0.717, 1.165) is 24.1 Å². The first-order valence-electron chi connectivity index (χ1n) is 10.2. The van der Waals surface area contributed by atoms with E-state index >= 15 is 0 Å². The second kappa shape index (κ2) is 9.84. The number of thiazole rings is 1. The minimum Gasteiger partial charge on any atom is -0.452 e. The number of nitrogens with zero attached hydrogens (tertiary/aromatic N) is 2. The lowest BCUT2D eigenvalue weighted by Gasteiger charge is -2.31. The Balaban J connectivity index is 1.54. The van der Waals surface area contributed by atoms with Crippen LogP contribution in [-0.4, -0.2) is 46.9 Å². The van der Waals surface area contributed by atoms with Gasteiger partial charge in [-0.2, -0.15) is 0 Å². The number of benzene rings is 1. The van der Waals surface area contributed by atoms with Gasteiger partial charge in [0.2, 0.25) is 5.91 Å². The molecule has 0 unspecified atom stereocenters. The van der Waals surface area contributed by atoms with E-state index in [9.17, 15) is 14.4 Å². The highest BCUT2D eigenvalue weighted by atomic mass is 32.1. The summed E-state index contributed by atoms with van der Waals surface area (Å²) in [6, 6.07) is 8.15. The molecule has 1 N–H and O–H groups in total. The van der Waals surface area contributed by atoms with Crippen LogP contribution in [0, 0.1) is 5.92 Å². The number of ether oxygens (including phenoxy) is 1. The number of carbonyl (C=O) groups excluding carboxylic acids is 3. The molecule has 1 aliphatic heterocycles. The molecular weight excluding hydrogens is 402 g/mol. The molecule has 0 aliphatic carbocycles. The van der Waals surface area contributed by atoms with E-state index in [1.165, 1.54) is 30.7 Å². The number of nitrogens with one attached hydrogen (secondary N) is 1. The third-order valence-corrected chi connectivity index (χ3v) is 6.01. The van der Waals surface area contributed by atoms with E-state index in [-0.39, 0.29) is 5.91 Å². The number of carbonyl (C=O) groups is 3. The summed E-state index contributed by atoms with van der Waals surface area (Å²) in [5.41, 5.74) is 3.02. The maximum atomic E-state index is 12.4.